The Hall–Kier alpha value is -3.41. The molecule has 40 heavy (non-hydrogen) atoms. The van der Waals surface area contributed by atoms with Crippen molar-refractivity contribution in [2.75, 3.05) is 62.7 Å². The monoisotopic (exact) mass is 542 g/mol. The predicted molar refractivity (Wildman–Crippen MR) is 160 cm³/mol. The van der Waals surface area contributed by atoms with Crippen molar-refractivity contribution in [2.45, 2.75) is 44.2 Å². The number of aromatic nitrogens is 1. The lowest BCUT2D eigenvalue weighted by atomic mass is 9.86. The van der Waals surface area contributed by atoms with Gasteiger partial charge in [-0.15, -0.1) is 0 Å². The zero-order chi connectivity index (χ0) is 28.0. The summed E-state index contributed by atoms with van der Waals surface area (Å²) in [6.07, 6.45) is 3.12. The van der Waals surface area contributed by atoms with Crippen LogP contribution in [0.3, 0.4) is 0 Å². The summed E-state index contributed by atoms with van der Waals surface area (Å²) in [6, 6.07) is 14.7. The summed E-state index contributed by atoms with van der Waals surface area (Å²) in [5.41, 5.74) is 5.64. The lowest BCUT2D eigenvalue weighted by Crippen LogP contribution is -2.48. The standard InChI is InChI=1S/C32H39FN6O/c1-22-16-26-28(37(3)31(22)40)18-25(24-6-12-38(13-7-24)21-32(33)8-10-35-11-9-32)19-29(26)39-15-14-36(2)27-5-4-23(20-34)17-30(27)39/h4-5,16-19,24,35H,6-15,21H2,1-3H3. The minimum absolute atomic E-state index is 0.0196. The third kappa shape index (κ3) is 4.86. The number of halogens is 1. The molecule has 210 valence electrons. The summed E-state index contributed by atoms with van der Waals surface area (Å²) >= 11 is 0. The molecule has 2 aromatic carbocycles. The van der Waals surface area contributed by atoms with Crippen molar-refractivity contribution in [3.8, 4) is 6.07 Å². The van der Waals surface area contributed by atoms with E-state index >= 15 is 4.39 Å². The van der Waals surface area contributed by atoms with E-state index in [0.717, 1.165) is 85.6 Å². The highest BCUT2D eigenvalue weighted by atomic mass is 19.1. The van der Waals surface area contributed by atoms with Crippen LogP contribution in [0.1, 0.15) is 48.3 Å². The molecule has 8 heteroatoms. The molecule has 0 amide bonds. The Bertz CT molecular complexity index is 1530. The van der Waals surface area contributed by atoms with Gasteiger partial charge in [0.15, 0.2) is 0 Å². The SMILES string of the molecule is Cc1cc2c(N3CCN(C)c4ccc(C#N)cc43)cc(C3CCN(CC4(F)CCNCC4)CC3)cc2n(C)c1=O. The fourth-order valence-electron chi connectivity index (χ4n) is 6.91. The number of alkyl halides is 1. The van der Waals surface area contributed by atoms with Gasteiger partial charge in [-0.05, 0) is 107 Å². The maximum atomic E-state index is 15.4. The number of anilines is 3. The van der Waals surface area contributed by atoms with Gasteiger partial charge in [-0.2, -0.15) is 5.26 Å². The van der Waals surface area contributed by atoms with Gasteiger partial charge in [0.2, 0.25) is 0 Å². The number of rotatable bonds is 4. The van der Waals surface area contributed by atoms with Crippen LogP contribution in [0.15, 0.2) is 41.2 Å². The van der Waals surface area contributed by atoms with Gasteiger partial charge in [0, 0.05) is 44.7 Å². The van der Waals surface area contributed by atoms with E-state index in [-0.39, 0.29) is 5.56 Å². The van der Waals surface area contributed by atoms with Crippen LogP contribution in [-0.2, 0) is 7.05 Å². The van der Waals surface area contributed by atoms with Gasteiger partial charge in [0.25, 0.3) is 5.56 Å². The molecule has 0 radical (unpaired) electrons. The van der Waals surface area contributed by atoms with Gasteiger partial charge < -0.3 is 24.6 Å². The number of likely N-dealkylation sites (N-methyl/N-ethyl adjacent to an activating group) is 1. The quantitative estimate of drug-likeness (QED) is 0.521. The normalized spacial score (nSPS) is 20.0. The molecule has 4 heterocycles. The van der Waals surface area contributed by atoms with E-state index in [2.05, 4.69) is 45.3 Å². The van der Waals surface area contributed by atoms with Crippen LogP contribution in [0.5, 0.6) is 0 Å². The maximum absolute atomic E-state index is 15.4. The second-order valence-corrected chi connectivity index (χ2v) is 12.0. The molecular weight excluding hydrogens is 503 g/mol. The van der Waals surface area contributed by atoms with Gasteiger partial charge >= 0.3 is 0 Å². The van der Waals surface area contributed by atoms with E-state index in [1.54, 1.807) is 4.57 Å². The van der Waals surface area contributed by atoms with Crippen LogP contribution < -0.4 is 20.7 Å². The number of nitrogens with zero attached hydrogens (tertiary/aromatic N) is 5. The number of nitriles is 1. The number of hydrogen-bond acceptors (Lipinski definition) is 6. The number of piperidine rings is 2. The van der Waals surface area contributed by atoms with Crippen LogP contribution in [0.4, 0.5) is 21.5 Å². The average molecular weight is 543 g/mol. The molecule has 0 saturated carbocycles. The molecule has 0 spiro atoms. The number of pyridine rings is 1. The van der Waals surface area contributed by atoms with Gasteiger partial charge in [-0.25, -0.2) is 4.39 Å². The second kappa shape index (κ2) is 10.5. The van der Waals surface area contributed by atoms with Crippen LogP contribution >= 0.6 is 0 Å². The first-order valence-electron chi connectivity index (χ1n) is 14.6. The molecule has 1 aromatic heterocycles. The summed E-state index contributed by atoms with van der Waals surface area (Å²) in [7, 11) is 3.95. The zero-order valence-corrected chi connectivity index (χ0v) is 23.8. The number of nitrogens with one attached hydrogen (secondary N) is 1. The Morgan fingerprint density at radius 1 is 1.00 bits per heavy atom. The number of aryl methyl sites for hydroxylation is 2. The first kappa shape index (κ1) is 26.8. The molecule has 6 rings (SSSR count). The van der Waals surface area contributed by atoms with Crippen LogP contribution in [0.25, 0.3) is 10.9 Å². The molecule has 1 N–H and O–H groups in total. The Kier molecular flexibility index (Phi) is 7.05. The second-order valence-electron chi connectivity index (χ2n) is 12.0. The van der Waals surface area contributed by atoms with Crippen molar-refractivity contribution in [3.05, 3.63) is 63.4 Å². The highest BCUT2D eigenvalue weighted by molar-refractivity contribution is 5.97. The van der Waals surface area contributed by atoms with Crippen molar-refractivity contribution in [1.82, 2.24) is 14.8 Å². The molecule has 0 aliphatic carbocycles. The Morgan fingerprint density at radius 2 is 1.75 bits per heavy atom. The lowest BCUT2D eigenvalue weighted by molar-refractivity contribution is 0.0510. The number of hydrogen-bond donors (Lipinski definition) is 1. The molecule has 7 nitrogen and oxygen atoms in total. The van der Waals surface area contributed by atoms with E-state index in [9.17, 15) is 10.1 Å². The summed E-state index contributed by atoms with van der Waals surface area (Å²) in [5, 5.41) is 14.0. The fraction of sp³-hybridized carbons (Fsp3) is 0.500. The molecule has 3 aliphatic rings. The maximum Gasteiger partial charge on any atom is 0.253 e. The molecule has 2 fully saturated rings. The summed E-state index contributed by atoms with van der Waals surface area (Å²) in [4.78, 5) is 19.9. The van der Waals surface area contributed by atoms with E-state index in [0.29, 0.717) is 30.9 Å². The highest BCUT2D eigenvalue weighted by Crippen LogP contribution is 2.43. The highest BCUT2D eigenvalue weighted by Gasteiger charge is 2.35. The molecule has 0 unspecified atom stereocenters. The van der Waals surface area contributed by atoms with Crippen molar-refractivity contribution in [3.63, 3.8) is 0 Å². The van der Waals surface area contributed by atoms with Crippen LogP contribution in [-0.4, -0.2) is 68.0 Å². The molecule has 0 atom stereocenters. The lowest BCUT2D eigenvalue weighted by Gasteiger charge is -2.39. The van der Waals surface area contributed by atoms with Gasteiger partial charge in [-0.3, -0.25) is 4.79 Å². The molecule has 0 bridgehead atoms. The predicted octanol–water partition coefficient (Wildman–Crippen LogP) is 4.58. The van der Waals surface area contributed by atoms with Crippen molar-refractivity contribution in [2.24, 2.45) is 7.05 Å². The minimum atomic E-state index is -1.08. The topological polar surface area (TPSA) is 67.5 Å². The van der Waals surface area contributed by atoms with Gasteiger partial charge in [0.05, 0.1) is 34.2 Å². The number of likely N-dealkylation sites (tertiary alicyclic amines) is 1. The summed E-state index contributed by atoms with van der Waals surface area (Å²) in [6.45, 7) is 7.32. The third-order valence-corrected chi connectivity index (χ3v) is 9.34. The van der Waals surface area contributed by atoms with Gasteiger partial charge in [-0.1, -0.05) is 0 Å². The van der Waals surface area contributed by atoms with Crippen molar-refractivity contribution >= 4 is 28.0 Å². The molecule has 2 saturated heterocycles. The smallest absolute Gasteiger partial charge is 0.253 e. The van der Waals surface area contributed by atoms with Crippen molar-refractivity contribution in [1.29, 1.82) is 5.26 Å². The minimum Gasteiger partial charge on any atom is -0.371 e. The Morgan fingerprint density at radius 3 is 2.48 bits per heavy atom. The van der Waals surface area contributed by atoms with Crippen LogP contribution in [0.2, 0.25) is 0 Å². The van der Waals surface area contributed by atoms with Crippen LogP contribution in [0, 0.1) is 18.3 Å². The third-order valence-electron chi connectivity index (χ3n) is 9.34. The average Bonchev–Trinajstić information content (AvgIpc) is 2.96. The fourth-order valence-corrected chi connectivity index (χ4v) is 6.91. The number of fused-ring (bicyclic) bond motifs is 2. The summed E-state index contributed by atoms with van der Waals surface area (Å²) in [5.74, 6) is 0.344. The Balaban J connectivity index is 1.38. The first-order chi connectivity index (χ1) is 19.3. The van der Waals surface area contributed by atoms with E-state index in [4.69, 9.17) is 0 Å². The molecule has 3 aromatic rings. The van der Waals surface area contributed by atoms with E-state index < -0.39 is 5.67 Å². The Labute approximate surface area is 235 Å². The van der Waals surface area contributed by atoms with Gasteiger partial charge in [0.1, 0.15) is 5.67 Å². The van der Waals surface area contributed by atoms with E-state index in [1.165, 1.54) is 5.56 Å². The van der Waals surface area contributed by atoms with E-state index in [1.807, 2.05) is 38.2 Å². The number of benzene rings is 2. The molecule has 3 aliphatic heterocycles. The van der Waals surface area contributed by atoms with Crippen molar-refractivity contribution < 1.29 is 4.39 Å². The largest absolute Gasteiger partial charge is 0.371 e. The summed E-state index contributed by atoms with van der Waals surface area (Å²) < 4.78 is 17.2. The zero-order valence-electron chi connectivity index (χ0n) is 23.8. The molecular formula is C32H39FN6O. The first-order valence-corrected chi connectivity index (χ1v) is 14.6.